The second kappa shape index (κ2) is 5.53. The molecule has 7 heteroatoms. The number of rotatable bonds is 4. The first kappa shape index (κ1) is 17.9. The molecule has 0 amide bonds. The van der Waals surface area contributed by atoms with Crippen LogP contribution < -0.4 is 0 Å². The molecule has 7 nitrogen and oxygen atoms in total. The summed E-state index contributed by atoms with van der Waals surface area (Å²) >= 11 is 0. The van der Waals surface area contributed by atoms with Gasteiger partial charge in [-0.1, -0.05) is 11.1 Å². The zero-order valence-corrected chi connectivity index (χ0v) is 15.3. The molecular formula is C20H22O7. The third kappa shape index (κ3) is 2.14. The maximum Gasteiger partial charge on any atom is 0.343 e. The van der Waals surface area contributed by atoms with Gasteiger partial charge in [0.05, 0.1) is 11.1 Å². The number of fused-ring (bicyclic) bond motifs is 4. The van der Waals surface area contributed by atoms with Gasteiger partial charge < -0.3 is 14.9 Å². The van der Waals surface area contributed by atoms with Crippen molar-refractivity contribution in [2.75, 3.05) is 0 Å². The summed E-state index contributed by atoms with van der Waals surface area (Å²) in [5.74, 6) is -4.41. The van der Waals surface area contributed by atoms with Gasteiger partial charge in [-0.05, 0) is 64.2 Å². The van der Waals surface area contributed by atoms with Gasteiger partial charge in [0.1, 0.15) is 10.8 Å². The Balaban J connectivity index is 1.64. The van der Waals surface area contributed by atoms with Crippen LogP contribution in [0.1, 0.15) is 52.4 Å². The second-order valence-electron chi connectivity index (χ2n) is 8.53. The third-order valence-electron chi connectivity index (χ3n) is 7.44. The van der Waals surface area contributed by atoms with Crippen molar-refractivity contribution >= 4 is 23.9 Å². The predicted octanol–water partition coefficient (Wildman–Crippen LogP) is 2.46. The lowest BCUT2D eigenvalue weighted by atomic mass is 9.71. The van der Waals surface area contributed by atoms with E-state index >= 15 is 0 Å². The van der Waals surface area contributed by atoms with E-state index in [0.717, 1.165) is 11.1 Å². The maximum absolute atomic E-state index is 12.8. The van der Waals surface area contributed by atoms with E-state index in [2.05, 4.69) is 0 Å². The van der Waals surface area contributed by atoms with Gasteiger partial charge in [0, 0.05) is 0 Å². The Hall–Kier alpha value is -2.44. The summed E-state index contributed by atoms with van der Waals surface area (Å²) in [7, 11) is 0. The number of carboxylic acid groups (broad SMARTS) is 2. The zero-order valence-electron chi connectivity index (χ0n) is 15.3. The Labute approximate surface area is 156 Å². The molecule has 0 aromatic heterocycles. The average molecular weight is 374 g/mol. The molecule has 0 heterocycles. The van der Waals surface area contributed by atoms with Crippen molar-refractivity contribution in [3.63, 3.8) is 0 Å². The van der Waals surface area contributed by atoms with Crippen molar-refractivity contribution in [3.05, 3.63) is 22.3 Å². The lowest BCUT2D eigenvalue weighted by Crippen LogP contribution is -2.41. The van der Waals surface area contributed by atoms with Crippen LogP contribution in [0, 0.1) is 22.7 Å². The molecule has 0 saturated heterocycles. The fourth-order valence-corrected chi connectivity index (χ4v) is 5.74. The maximum atomic E-state index is 12.8. The molecule has 0 radical (unpaired) electrons. The van der Waals surface area contributed by atoms with Gasteiger partial charge in [0.2, 0.25) is 0 Å². The highest BCUT2D eigenvalue weighted by molar-refractivity contribution is 6.09. The van der Waals surface area contributed by atoms with Crippen LogP contribution in [0.5, 0.6) is 0 Å². The lowest BCUT2D eigenvalue weighted by molar-refractivity contribution is -0.161. The summed E-state index contributed by atoms with van der Waals surface area (Å²) in [6.07, 6.45) is 3.74. The molecule has 2 saturated carbocycles. The Morgan fingerprint density at radius 2 is 1.19 bits per heavy atom. The number of carbonyl (C=O) groups excluding carboxylic acids is 2. The number of carbonyl (C=O) groups is 4. The molecule has 4 aliphatic carbocycles. The molecule has 4 aliphatic rings. The van der Waals surface area contributed by atoms with Crippen molar-refractivity contribution in [2.45, 2.75) is 52.4 Å². The molecule has 4 unspecified atom stereocenters. The highest BCUT2D eigenvalue weighted by Crippen LogP contribution is 2.58. The highest BCUT2D eigenvalue weighted by atomic mass is 16.6. The molecular weight excluding hydrogens is 352 g/mol. The minimum Gasteiger partial charge on any atom is -0.481 e. The van der Waals surface area contributed by atoms with Gasteiger partial charge in [0.15, 0.2) is 0 Å². The van der Waals surface area contributed by atoms with Crippen molar-refractivity contribution in [3.8, 4) is 0 Å². The van der Waals surface area contributed by atoms with E-state index in [1.807, 2.05) is 0 Å². The predicted molar refractivity (Wildman–Crippen MR) is 91.3 cm³/mol. The van der Waals surface area contributed by atoms with Crippen LogP contribution in [-0.4, -0.2) is 34.1 Å². The van der Waals surface area contributed by atoms with E-state index in [-0.39, 0.29) is 23.0 Å². The van der Waals surface area contributed by atoms with E-state index in [1.165, 1.54) is 13.8 Å². The SMILES string of the molecule is CC1(C(=O)O)C(C(=O)OC(=O)C2=C3CCC(C3)C2(C)C(=O)O)=C2CCC1C2. The van der Waals surface area contributed by atoms with Gasteiger partial charge in [-0.3, -0.25) is 9.59 Å². The summed E-state index contributed by atoms with van der Waals surface area (Å²) < 4.78 is 5.09. The summed E-state index contributed by atoms with van der Waals surface area (Å²) in [6.45, 7) is 3.02. The highest BCUT2D eigenvalue weighted by Gasteiger charge is 2.59. The second-order valence-corrected chi connectivity index (χ2v) is 8.53. The number of esters is 2. The van der Waals surface area contributed by atoms with Crippen molar-refractivity contribution < 1.29 is 34.1 Å². The molecule has 0 aromatic carbocycles. The molecule has 4 bridgehead atoms. The van der Waals surface area contributed by atoms with Crippen LogP contribution in [0.2, 0.25) is 0 Å². The lowest BCUT2D eigenvalue weighted by Gasteiger charge is -2.32. The van der Waals surface area contributed by atoms with Crippen LogP contribution in [0.4, 0.5) is 0 Å². The molecule has 27 heavy (non-hydrogen) atoms. The van der Waals surface area contributed by atoms with Gasteiger partial charge in [-0.2, -0.15) is 0 Å². The van der Waals surface area contributed by atoms with Gasteiger partial charge >= 0.3 is 23.9 Å². The van der Waals surface area contributed by atoms with Crippen molar-refractivity contribution in [1.82, 2.24) is 0 Å². The first-order valence-corrected chi connectivity index (χ1v) is 9.30. The molecule has 2 fully saturated rings. The molecule has 144 valence electrons. The number of allylic oxidation sites excluding steroid dienone is 2. The number of hydrogen-bond donors (Lipinski definition) is 2. The fourth-order valence-electron chi connectivity index (χ4n) is 5.74. The Bertz CT molecular complexity index is 794. The van der Waals surface area contributed by atoms with E-state index in [9.17, 15) is 29.4 Å². The number of ether oxygens (including phenoxy) is 1. The van der Waals surface area contributed by atoms with Crippen LogP contribution in [0.25, 0.3) is 0 Å². The van der Waals surface area contributed by atoms with Gasteiger partial charge in [-0.25, -0.2) is 9.59 Å². The summed E-state index contributed by atoms with van der Waals surface area (Å²) in [5.41, 5.74) is -1.07. The normalized spacial score (nSPS) is 36.5. The third-order valence-corrected chi connectivity index (χ3v) is 7.44. The average Bonchev–Trinajstić information content (AvgIpc) is 3.33. The Morgan fingerprint density at radius 1 is 0.815 bits per heavy atom. The molecule has 4 rings (SSSR count). The monoisotopic (exact) mass is 374 g/mol. The number of hydrogen-bond acceptors (Lipinski definition) is 5. The first-order chi connectivity index (χ1) is 12.6. The largest absolute Gasteiger partial charge is 0.481 e. The number of carboxylic acids is 2. The van der Waals surface area contributed by atoms with Gasteiger partial charge in [-0.15, -0.1) is 0 Å². The van der Waals surface area contributed by atoms with E-state index in [1.54, 1.807) is 0 Å². The number of aliphatic carboxylic acids is 2. The van der Waals surface area contributed by atoms with Crippen LogP contribution >= 0.6 is 0 Å². The zero-order chi connectivity index (χ0) is 19.7. The molecule has 4 atom stereocenters. The summed E-state index contributed by atoms with van der Waals surface area (Å²) in [6, 6.07) is 0. The fraction of sp³-hybridized carbons (Fsp3) is 0.600. The summed E-state index contributed by atoms with van der Waals surface area (Å²) in [4.78, 5) is 49.3. The van der Waals surface area contributed by atoms with E-state index in [4.69, 9.17) is 4.74 Å². The van der Waals surface area contributed by atoms with Gasteiger partial charge in [0.25, 0.3) is 0 Å². The Morgan fingerprint density at radius 3 is 1.52 bits per heavy atom. The smallest absolute Gasteiger partial charge is 0.343 e. The topological polar surface area (TPSA) is 118 Å². The van der Waals surface area contributed by atoms with Crippen molar-refractivity contribution in [1.29, 1.82) is 0 Å². The minimum atomic E-state index is -1.35. The van der Waals surface area contributed by atoms with Crippen LogP contribution in [-0.2, 0) is 23.9 Å². The molecule has 0 aliphatic heterocycles. The minimum absolute atomic E-state index is 0.0744. The van der Waals surface area contributed by atoms with E-state index in [0.29, 0.717) is 38.5 Å². The first-order valence-electron chi connectivity index (χ1n) is 9.30. The quantitative estimate of drug-likeness (QED) is 0.573. The Kier molecular flexibility index (Phi) is 3.68. The van der Waals surface area contributed by atoms with E-state index < -0.39 is 34.7 Å². The van der Waals surface area contributed by atoms with Crippen LogP contribution in [0.3, 0.4) is 0 Å². The van der Waals surface area contributed by atoms with Crippen molar-refractivity contribution in [2.24, 2.45) is 22.7 Å². The molecule has 2 N–H and O–H groups in total. The standard InChI is InChI=1S/C20H22O7/c1-19(17(23)24)11-5-3-9(7-11)13(19)15(21)27-16(22)14-10-4-6-12(8-10)20(14,2)18(25)26/h11-12H,3-8H2,1-2H3,(H,23,24)(H,25,26). The van der Waals surface area contributed by atoms with Crippen LogP contribution in [0.15, 0.2) is 22.3 Å². The summed E-state index contributed by atoms with van der Waals surface area (Å²) in [5, 5.41) is 19.4. The molecule has 0 aromatic rings. The molecule has 0 spiro atoms.